The molecule has 2 heterocycles. The van der Waals surface area contributed by atoms with E-state index in [1.54, 1.807) is 29.5 Å². The van der Waals surface area contributed by atoms with Crippen molar-refractivity contribution in [2.24, 2.45) is 0 Å². The van der Waals surface area contributed by atoms with Crippen molar-refractivity contribution < 1.29 is 14.3 Å². The van der Waals surface area contributed by atoms with Crippen LogP contribution in [0.3, 0.4) is 0 Å². The summed E-state index contributed by atoms with van der Waals surface area (Å²) in [5.74, 6) is 1.63. The molecule has 2 aromatic rings. The summed E-state index contributed by atoms with van der Waals surface area (Å²) in [6.45, 7) is 2.17. The van der Waals surface area contributed by atoms with Crippen molar-refractivity contribution in [2.75, 3.05) is 17.9 Å². The second-order valence-corrected chi connectivity index (χ2v) is 6.24. The van der Waals surface area contributed by atoms with Crippen molar-refractivity contribution >= 4 is 34.7 Å². The number of ether oxygens (including phenoxy) is 2. The fraction of sp³-hybridized carbons (Fsp3) is 0.231. The number of hydrogen-bond donors (Lipinski definition) is 1. The van der Waals surface area contributed by atoms with Gasteiger partial charge in [-0.15, -0.1) is 11.3 Å². The van der Waals surface area contributed by atoms with Gasteiger partial charge in [0.1, 0.15) is 0 Å². The van der Waals surface area contributed by atoms with Gasteiger partial charge in [0.2, 0.25) is 12.7 Å². The lowest BCUT2D eigenvalue weighted by Gasteiger charge is -2.05. The predicted octanol–water partition coefficient (Wildman–Crippen LogP) is 2.91. The number of benzene rings is 1. The van der Waals surface area contributed by atoms with Crippen LogP contribution in [0, 0.1) is 6.92 Å². The summed E-state index contributed by atoms with van der Waals surface area (Å²) in [5, 5.41) is 4.80. The number of thioether (sulfide) groups is 1. The van der Waals surface area contributed by atoms with Gasteiger partial charge in [0, 0.05) is 22.8 Å². The van der Waals surface area contributed by atoms with E-state index in [0.29, 0.717) is 22.9 Å². The Balaban J connectivity index is 1.56. The standard InChI is InChI=1S/C13H12N2O3S2/c1-8-5-19-13(14-8)20-6-12(16)15-9-2-3-10-11(4-9)18-7-17-10/h2-5H,6-7H2,1H3,(H,15,16). The van der Waals surface area contributed by atoms with Crippen LogP contribution in [0.2, 0.25) is 0 Å². The molecule has 0 aliphatic carbocycles. The highest BCUT2D eigenvalue weighted by Crippen LogP contribution is 2.34. The van der Waals surface area contributed by atoms with Crippen LogP contribution in [0.25, 0.3) is 0 Å². The number of rotatable bonds is 4. The van der Waals surface area contributed by atoms with Crippen LogP contribution in [0.1, 0.15) is 5.69 Å². The number of nitrogens with zero attached hydrogens (tertiary/aromatic N) is 1. The molecular weight excluding hydrogens is 296 g/mol. The van der Waals surface area contributed by atoms with Gasteiger partial charge in [-0.25, -0.2) is 4.98 Å². The van der Waals surface area contributed by atoms with Crippen molar-refractivity contribution in [1.29, 1.82) is 0 Å². The lowest BCUT2D eigenvalue weighted by Crippen LogP contribution is -2.13. The molecule has 3 rings (SSSR count). The summed E-state index contributed by atoms with van der Waals surface area (Å²) in [5.41, 5.74) is 1.68. The van der Waals surface area contributed by atoms with E-state index in [9.17, 15) is 4.79 Å². The zero-order valence-corrected chi connectivity index (χ0v) is 12.3. The fourth-order valence-corrected chi connectivity index (χ4v) is 3.35. The Labute approximate surface area is 124 Å². The molecule has 0 spiro atoms. The van der Waals surface area contributed by atoms with E-state index < -0.39 is 0 Å². The van der Waals surface area contributed by atoms with E-state index in [4.69, 9.17) is 9.47 Å². The number of fused-ring (bicyclic) bond motifs is 1. The molecule has 0 unspecified atom stereocenters. The van der Waals surface area contributed by atoms with E-state index >= 15 is 0 Å². The topological polar surface area (TPSA) is 60.5 Å². The predicted molar refractivity (Wildman–Crippen MR) is 78.8 cm³/mol. The zero-order chi connectivity index (χ0) is 13.9. The number of nitrogens with one attached hydrogen (secondary N) is 1. The van der Waals surface area contributed by atoms with Crippen LogP contribution in [0.15, 0.2) is 27.9 Å². The third kappa shape index (κ3) is 3.05. The lowest BCUT2D eigenvalue weighted by atomic mass is 10.3. The minimum absolute atomic E-state index is 0.0679. The van der Waals surface area contributed by atoms with Crippen LogP contribution >= 0.6 is 23.1 Å². The van der Waals surface area contributed by atoms with E-state index in [2.05, 4.69) is 10.3 Å². The molecule has 1 N–H and O–H groups in total. The van der Waals surface area contributed by atoms with Gasteiger partial charge in [-0.1, -0.05) is 11.8 Å². The van der Waals surface area contributed by atoms with Crippen LogP contribution in [0.5, 0.6) is 11.5 Å². The molecule has 1 aliphatic rings. The lowest BCUT2D eigenvalue weighted by molar-refractivity contribution is -0.113. The number of thiazole rings is 1. The average molecular weight is 308 g/mol. The highest BCUT2D eigenvalue weighted by Gasteiger charge is 2.14. The first-order valence-electron chi connectivity index (χ1n) is 5.95. The van der Waals surface area contributed by atoms with Gasteiger partial charge >= 0.3 is 0 Å². The Morgan fingerprint density at radius 1 is 1.45 bits per heavy atom. The summed E-state index contributed by atoms with van der Waals surface area (Å²) >= 11 is 2.98. The van der Waals surface area contributed by atoms with E-state index in [1.165, 1.54) is 11.8 Å². The molecule has 0 atom stereocenters. The van der Waals surface area contributed by atoms with Crippen molar-refractivity contribution in [3.8, 4) is 11.5 Å². The fourth-order valence-electron chi connectivity index (χ4n) is 1.70. The maximum atomic E-state index is 11.9. The zero-order valence-electron chi connectivity index (χ0n) is 10.7. The Morgan fingerprint density at radius 2 is 2.30 bits per heavy atom. The number of anilines is 1. The highest BCUT2D eigenvalue weighted by molar-refractivity contribution is 8.01. The van der Waals surface area contributed by atoms with Gasteiger partial charge in [0.05, 0.1) is 5.75 Å². The number of hydrogen-bond acceptors (Lipinski definition) is 6. The van der Waals surface area contributed by atoms with E-state index in [1.807, 2.05) is 12.3 Å². The molecule has 0 bridgehead atoms. The number of carbonyl (C=O) groups is 1. The molecule has 5 nitrogen and oxygen atoms in total. The van der Waals surface area contributed by atoms with E-state index in [0.717, 1.165) is 10.0 Å². The smallest absolute Gasteiger partial charge is 0.234 e. The van der Waals surface area contributed by atoms with Crippen molar-refractivity contribution in [1.82, 2.24) is 4.98 Å². The highest BCUT2D eigenvalue weighted by atomic mass is 32.2. The molecule has 1 aromatic carbocycles. The molecule has 1 amide bonds. The molecule has 7 heteroatoms. The molecule has 0 saturated carbocycles. The molecule has 20 heavy (non-hydrogen) atoms. The summed E-state index contributed by atoms with van der Waals surface area (Å²) in [6, 6.07) is 5.34. The summed E-state index contributed by atoms with van der Waals surface area (Å²) < 4.78 is 11.4. The van der Waals surface area contributed by atoms with Gasteiger partial charge in [-0.3, -0.25) is 4.79 Å². The Morgan fingerprint density at radius 3 is 3.10 bits per heavy atom. The molecule has 0 radical (unpaired) electrons. The Bertz CT molecular complexity index is 642. The SMILES string of the molecule is Cc1csc(SCC(=O)Nc2ccc3c(c2)OCO3)n1. The van der Waals surface area contributed by atoms with Gasteiger partial charge in [-0.05, 0) is 19.1 Å². The van der Waals surface area contributed by atoms with Crippen LogP contribution in [0.4, 0.5) is 5.69 Å². The Hall–Kier alpha value is -1.73. The van der Waals surface area contributed by atoms with Gasteiger partial charge < -0.3 is 14.8 Å². The van der Waals surface area contributed by atoms with Crippen LogP contribution in [-0.2, 0) is 4.79 Å². The molecule has 1 aromatic heterocycles. The molecule has 1 aliphatic heterocycles. The molecule has 104 valence electrons. The third-order valence-electron chi connectivity index (χ3n) is 2.58. The minimum atomic E-state index is -0.0679. The normalized spacial score (nSPS) is 12.4. The third-order valence-corrected chi connectivity index (χ3v) is 4.72. The first-order valence-corrected chi connectivity index (χ1v) is 7.82. The van der Waals surface area contributed by atoms with Gasteiger partial charge in [0.25, 0.3) is 0 Å². The summed E-state index contributed by atoms with van der Waals surface area (Å²) in [4.78, 5) is 16.2. The number of aromatic nitrogens is 1. The largest absolute Gasteiger partial charge is 0.454 e. The summed E-state index contributed by atoms with van der Waals surface area (Å²) in [6.07, 6.45) is 0. The maximum absolute atomic E-state index is 11.9. The number of carbonyl (C=O) groups excluding carboxylic acids is 1. The van der Waals surface area contributed by atoms with Crippen molar-refractivity contribution in [3.05, 3.63) is 29.3 Å². The van der Waals surface area contributed by atoms with Crippen molar-refractivity contribution in [3.63, 3.8) is 0 Å². The monoisotopic (exact) mass is 308 g/mol. The Kier molecular flexibility index (Phi) is 3.79. The first kappa shape index (κ1) is 13.3. The van der Waals surface area contributed by atoms with Crippen LogP contribution in [-0.4, -0.2) is 23.4 Å². The maximum Gasteiger partial charge on any atom is 0.234 e. The second kappa shape index (κ2) is 5.72. The van der Waals surface area contributed by atoms with Crippen molar-refractivity contribution in [2.45, 2.75) is 11.3 Å². The summed E-state index contributed by atoms with van der Waals surface area (Å²) in [7, 11) is 0. The quantitative estimate of drug-likeness (QED) is 0.880. The van der Waals surface area contributed by atoms with Gasteiger partial charge in [-0.2, -0.15) is 0 Å². The van der Waals surface area contributed by atoms with Crippen LogP contribution < -0.4 is 14.8 Å². The number of aryl methyl sites for hydroxylation is 1. The number of amides is 1. The minimum Gasteiger partial charge on any atom is -0.454 e. The average Bonchev–Trinajstić information content (AvgIpc) is 3.04. The van der Waals surface area contributed by atoms with E-state index in [-0.39, 0.29) is 12.7 Å². The first-order chi connectivity index (χ1) is 9.70. The molecular formula is C13H12N2O3S2. The molecule has 0 saturated heterocycles. The molecule has 0 fully saturated rings. The van der Waals surface area contributed by atoms with Gasteiger partial charge in [0.15, 0.2) is 15.8 Å². The second-order valence-electron chi connectivity index (χ2n) is 4.16.